The van der Waals surface area contributed by atoms with Crippen molar-refractivity contribution in [1.82, 2.24) is 0 Å². The Hall–Kier alpha value is -1.64. The van der Waals surface area contributed by atoms with Crippen LogP contribution in [0.4, 0.5) is 4.39 Å². The lowest BCUT2D eigenvalue weighted by molar-refractivity contribution is 0.101. The van der Waals surface area contributed by atoms with Gasteiger partial charge in [-0.25, -0.2) is 4.39 Å². The molecule has 0 aliphatic heterocycles. The Morgan fingerprint density at radius 3 is 2.87 bits per heavy atom. The molecule has 1 rings (SSSR count). The van der Waals surface area contributed by atoms with Gasteiger partial charge >= 0.3 is 0 Å². The quantitative estimate of drug-likeness (QED) is 0.561. The molecule has 0 bridgehead atoms. The lowest BCUT2D eigenvalue weighted by Crippen LogP contribution is -2.03. The van der Waals surface area contributed by atoms with Crippen molar-refractivity contribution in [3.05, 3.63) is 41.7 Å². The fraction of sp³-hybridized carbons (Fsp3) is 0.250. The van der Waals surface area contributed by atoms with E-state index in [9.17, 15) is 9.18 Å². The van der Waals surface area contributed by atoms with Gasteiger partial charge in [0.1, 0.15) is 6.61 Å². The number of Topliss-reactive ketones (excluding diaryl/α,β-unsaturated/α-hetero) is 1. The highest BCUT2D eigenvalue weighted by atomic mass is 19.1. The number of halogens is 1. The minimum absolute atomic E-state index is 0.0306. The van der Waals surface area contributed by atoms with E-state index in [-0.39, 0.29) is 23.7 Å². The van der Waals surface area contributed by atoms with Crippen LogP contribution in [0.3, 0.4) is 0 Å². The highest BCUT2D eigenvalue weighted by Crippen LogP contribution is 2.22. The number of benzene rings is 1. The second-order valence-electron chi connectivity index (χ2n) is 3.05. The van der Waals surface area contributed by atoms with Gasteiger partial charge in [-0.15, -0.1) is 0 Å². The first-order valence-electron chi connectivity index (χ1n) is 4.70. The van der Waals surface area contributed by atoms with Gasteiger partial charge in [-0.1, -0.05) is 18.2 Å². The zero-order chi connectivity index (χ0) is 11.3. The molecule has 1 aromatic rings. The largest absolute Gasteiger partial charge is 0.486 e. The molecule has 0 saturated carbocycles. The van der Waals surface area contributed by atoms with Gasteiger partial charge < -0.3 is 4.74 Å². The summed E-state index contributed by atoms with van der Waals surface area (Å²) in [6, 6.07) is 4.32. The zero-order valence-electron chi connectivity index (χ0n) is 8.79. The molecule has 0 amide bonds. The zero-order valence-corrected chi connectivity index (χ0v) is 8.79. The summed E-state index contributed by atoms with van der Waals surface area (Å²) in [6.07, 6.45) is 3.55. The molecule has 0 N–H and O–H groups in total. The summed E-state index contributed by atoms with van der Waals surface area (Å²) in [5, 5.41) is 0. The maximum absolute atomic E-state index is 13.3. The molecule has 1 aromatic carbocycles. The predicted octanol–water partition coefficient (Wildman–Crippen LogP) is 2.98. The third-order valence-electron chi connectivity index (χ3n) is 1.91. The summed E-state index contributed by atoms with van der Waals surface area (Å²) < 4.78 is 18.5. The molecule has 0 spiro atoms. The Bertz CT molecular complexity index is 383. The number of allylic oxidation sites excluding steroid dienone is 1. The van der Waals surface area contributed by atoms with Gasteiger partial charge in [0.05, 0.1) is 5.56 Å². The minimum atomic E-state index is -0.507. The van der Waals surface area contributed by atoms with Crippen molar-refractivity contribution in [2.45, 2.75) is 13.8 Å². The molecule has 0 heterocycles. The molecule has 0 aliphatic carbocycles. The summed E-state index contributed by atoms with van der Waals surface area (Å²) in [5.41, 5.74) is 0.277. The van der Waals surface area contributed by atoms with Crippen molar-refractivity contribution in [1.29, 1.82) is 0 Å². The molecular weight excluding hydrogens is 195 g/mol. The number of para-hydroxylation sites is 1. The molecule has 3 heteroatoms. The van der Waals surface area contributed by atoms with Crippen LogP contribution in [-0.4, -0.2) is 12.4 Å². The van der Waals surface area contributed by atoms with Crippen LogP contribution in [0.15, 0.2) is 30.4 Å². The molecule has 0 saturated heterocycles. The summed E-state index contributed by atoms with van der Waals surface area (Å²) in [6.45, 7) is 3.49. The number of hydrogen-bond donors (Lipinski definition) is 0. The van der Waals surface area contributed by atoms with E-state index in [0.717, 1.165) is 0 Å². The number of ketones is 1. The SMILES string of the molecule is C/C=C/COc1c(F)cccc1C(C)=O. The summed E-state index contributed by atoms with van der Waals surface area (Å²) >= 11 is 0. The number of ether oxygens (including phenoxy) is 1. The summed E-state index contributed by atoms with van der Waals surface area (Å²) in [7, 11) is 0. The van der Waals surface area contributed by atoms with E-state index >= 15 is 0 Å². The molecule has 0 unspecified atom stereocenters. The third kappa shape index (κ3) is 2.91. The van der Waals surface area contributed by atoms with Crippen LogP contribution in [0.5, 0.6) is 5.75 Å². The Balaban J connectivity index is 2.97. The average Bonchev–Trinajstić information content (AvgIpc) is 2.20. The summed E-state index contributed by atoms with van der Waals surface area (Å²) in [5.74, 6) is -0.680. The monoisotopic (exact) mass is 208 g/mol. The molecule has 0 atom stereocenters. The van der Waals surface area contributed by atoms with Gasteiger partial charge in [-0.05, 0) is 26.0 Å². The van der Waals surface area contributed by atoms with E-state index in [2.05, 4.69) is 0 Å². The molecule has 80 valence electrons. The number of rotatable bonds is 4. The van der Waals surface area contributed by atoms with Crippen LogP contribution in [0.1, 0.15) is 24.2 Å². The molecule has 0 aromatic heterocycles. The first kappa shape index (κ1) is 11.4. The number of carbonyl (C=O) groups is 1. The normalized spacial score (nSPS) is 10.6. The lowest BCUT2D eigenvalue weighted by Gasteiger charge is -2.08. The molecule has 15 heavy (non-hydrogen) atoms. The predicted molar refractivity (Wildman–Crippen MR) is 56.7 cm³/mol. The number of hydrogen-bond acceptors (Lipinski definition) is 2. The van der Waals surface area contributed by atoms with Gasteiger partial charge in [0.25, 0.3) is 0 Å². The van der Waals surface area contributed by atoms with Crippen LogP contribution in [-0.2, 0) is 0 Å². The molecule has 0 fully saturated rings. The molecule has 0 radical (unpaired) electrons. The van der Waals surface area contributed by atoms with Crippen LogP contribution < -0.4 is 4.74 Å². The fourth-order valence-electron chi connectivity index (χ4n) is 1.16. The topological polar surface area (TPSA) is 26.3 Å². The van der Waals surface area contributed by atoms with Gasteiger partial charge in [0.15, 0.2) is 17.3 Å². The Morgan fingerprint density at radius 1 is 1.53 bits per heavy atom. The average molecular weight is 208 g/mol. The first-order valence-corrected chi connectivity index (χ1v) is 4.70. The highest BCUT2D eigenvalue weighted by Gasteiger charge is 2.12. The number of carbonyl (C=O) groups excluding carboxylic acids is 1. The van der Waals surface area contributed by atoms with E-state index < -0.39 is 5.82 Å². The maximum atomic E-state index is 13.3. The van der Waals surface area contributed by atoms with Crippen molar-refractivity contribution in [3.8, 4) is 5.75 Å². The Morgan fingerprint density at radius 2 is 2.27 bits per heavy atom. The van der Waals surface area contributed by atoms with E-state index in [1.165, 1.54) is 19.1 Å². The first-order chi connectivity index (χ1) is 7.16. The van der Waals surface area contributed by atoms with Gasteiger partial charge in [0, 0.05) is 0 Å². The van der Waals surface area contributed by atoms with Gasteiger partial charge in [0.2, 0.25) is 0 Å². The standard InChI is InChI=1S/C12H13FO2/c1-3-4-8-15-12-10(9(2)14)6-5-7-11(12)13/h3-7H,8H2,1-2H3/b4-3+. The van der Waals surface area contributed by atoms with Crippen molar-refractivity contribution in [3.63, 3.8) is 0 Å². The van der Waals surface area contributed by atoms with Crippen molar-refractivity contribution < 1.29 is 13.9 Å². The molecular formula is C12H13FO2. The van der Waals surface area contributed by atoms with Crippen LogP contribution in [0.25, 0.3) is 0 Å². The highest BCUT2D eigenvalue weighted by molar-refractivity contribution is 5.96. The minimum Gasteiger partial charge on any atom is -0.486 e. The van der Waals surface area contributed by atoms with Gasteiger partial charge in [-0.2, -0.15) is 0 Å². The fourth-order valence-corrected chi connectivity index (χ4v) is 1.16. The van der Waals surface area contributed by atoms with Crippen LogP contribution >= 0.6 is 0 Å². The lowest BCUT2D eigenvalue weighted by atomic mass is 10.1. The second kappa shape index (κ2) is 5.29. The molecule has 0 aliphatic rings. The van der Waals surface area contributed by atoms with Crippen LogP contribution in [0.2, 0.25) is 0 Å². The molecule has 2 nitrogen and oxygen atoms in total. The smallest absolute Gasteiger partial charge is 0.166 e. The van der Waals surface area contributed by atoms with Crippen molar-refractivity contribution in [2.75, 3.05) is 6.61 Å². The Kier molecular flexibility index (Phi) is 4.03. The van der Waals surface area contributed by atoms with Crippen molar-refractivity contribution in [2.24, 2.45) is 0 Å². The van der Waals surface area contributed by atoms with Crippen LogP contribution in [0, 0.1) is 5.82 Å². The van der Waals surface area contributed by atoms with E-state index in [1.807, 2.05) is 6.92 Å². The van der Waals surface area contributed by atoms with Crippen molar-refractivity contribution >= 4 is 5.78 Å². The second-order valence-corrected chi connectivity index (χ2v) is 3.05. The van der Waals surface area contributed by atoms with Gasteiger partial charge in [-0.3, -0.25) is 4.79 Å². The van der Waals surface area contributed by atoms with E-state index in [1.54, 1.807) is 18.2 Å². The van der Waals surface area contributed by atoms with E-state index in [0.29, 0.717) is 0 Å². The van der Waals surface area contributed by atoms with E-state index in [4.69, 9.17) is 4.74 Å². The Labute approximate surface area is 88.4 Å². The summed E-state index contributed by atoms with van der Waals surface area (Å²) in [4.78, 5) is 11.2. The third-order valence-corrected chi connectivity index (χ3v) is 1.91. The maximum Gasteiger partial charge on any atom is 0.166 e.